The van der Waals surface area contributed by atoms with E-state index >= 15 is 0 Å². The summed E-state index contributed by atoms with van der Waals surface area (Å²) in [6, 6.07) is 9.34. The number of hydrogen-bond acceptors (Lipinski definition) is 3. The summed E-state index contributed by atoms with van der Waals surface area (Å²) in [7, 11) is -3.58. The van der Waals surface area contributed by atoms with Crippen molar-refractivity contribution < 1.29 is 12.8 Å². The maximum absolute atomic E-state index is 13.6. The average molecular weight is 418 g/mol. The Labute approximate surface area is 148 Å². The molecule has 1 atom stereocenters. The fourth-order valence-electron chi connectivity index (χ4n) is 2.97. The highest BCUT2D eigenvalue weighted by molar-refractivity contribution is 9.11. The topological polar surface area (TPSA) is 37.4 Å². The van der Waals surface area contributed by atoms with Gasteiger partial charge in [0.15, 0.2) is 0 Å². The highest BCUT2D eigenvalue weighted by Gasteiger charge is 2.34. The van der Waals surface area contributed by atoms with Gasteiger partial charge >= 0.3 is 0 Å². The molecule has 1 aliphatic heterocycles. The van der Waals surface area contributed by atoms with Gasteiger partial charge in [-0.05, 0) is 58.6 Å². The van der Waals surface area contributed by atoms with Gasteiger partial charge in [0, 0.05) is 6.54 Å². The van der Waals surface area contributed by atoms with Crippen LogP contribution in [0, 0.1) is 5.82 Å². The summed E-state index contributed by atoms with van der Waals surface area (Å²) in [6.07, 6.45) is 3.49. The largest absolute Gasteiger partial charge is 0.253 e. The SMILES string of the molecule is O=S(=O)(c1ccc(Br)s1)N1CCCCCC1c1cccc(F)c1. The van der Waals surface area contributed by atoms with Crippen LogP contribution in [0.15, 0.2) is 44.4 Å². The van der Waals surface area contributed by atoms with Crippen LogP contribution in [0.4, 0.5) is 4.39 Å². The predicted molar refractivity (Wildman–Crippen MR) is 93.5 cm³/mol. The van der Waals surface area contributed by atoms with Crippen molar-refractivity contribution in [3.05, 3.63) is 51.6 Å². The molecule has 0 aliphatic carbocycles. The predicted octanol–water partition coefficient (Wildman–Crippen LogP) is 4.96. The Hall–Kier alpha value is -0.760. The first-order chi connectivity index (χ1) is 11.0. The zero-order chi connectivity index (χ0) is 16.4. The van der Waals surface area contributed by atoms with Crippen molar-refractivity contribution in [3.8, 4) is 0 Å². The number of thiophene rings is 1. The average Bonchev–Trinajstić information content (AvgIpc) is 2.81. The minimum absolute atomic E-state index is 0.306. The van der Waals surface area contributed by atoms with E-state index in [0.717, 1.165) is 35.0 Å². The standard InChI is InChI=1S/C16H17BrFNO2S2/c17-15-8-9-16(22-15)23(20,21)19-10-3-1-2-7-14(19)12-5-4-6-13(18)11-12/h4-6,8-9,11,14H,1-3,7,10H2. The molecule has 1 aromatic carbocycles. The fraction of sp³-hybridized carbons (Fsp3) is 0.375. The third-order valence-corrected chi connectivity index (χ3v) is 8.05. The molecule has 0 N–H and O–H groups in total. The van der Waals surface area contributed by atoms with Crippen LogP contribution in [-0.4, -0.2) is 19.3 Å². The molecule has 2 aromatic rings. The number of sulfonamides is 1. The monoisotopic (exact) mass is 417 g/mol. The quantitative estimate of drug-likeness (QED) is 0.707. The number of halogens is 2. The van der Waals surface area contributed by atoms with Gasteiger partial charge in [-0.3, -0.25) is 0 Å². The summed E-state index contributed by atoms with van der Waals surface area (Å²) >= 11 is 4.53. The van der Waals surface area contributed by atoms with Gasteiger partial charge < -0.3 is 0 Å². The molecule has 0 radical (unpaired) electrons. The van der Waals surface area contributed by atoms with Gasteiger partial charge in [-0.25, -0.2) is 12.8 Å². The van der Waals surface area contributed by atoms with E-state index in [9.17, 15) is 12.8 Å². The smallest absolute Gasteiger partial charge is 0.207 e. The summed E-state index contributed by atoms with van der Waals surface area (Å²) in [5, 5.41) is 0. The Balaban J connectivity index is 2.02. The Bertz CT molecular complexity index is 791. The summed E-state index contributed by atoms with van der Waals surface area (Å²) in [5.41, 5.74) is 0.728. The van der Waals surface area contributed by atoms with Gasteiger partial charge in [-0.1, -0.05) is 25.0 Å². The van der Waals surface area contributed by atoms with Gasteiger partial charge in [0.25, 0.3) is 10.0 Å². The molecule has 3 nitrogen and oxygen atoms in total. The molecule has 1 fully saturated rings. The molecule has 1 saturated heterocycles. The van der Waals surface area contributed by atoms with Crippen molar-refractivity contribution in [3.63, 3.8) is 0 Å². The van der Waals surface area contributed by atoms with Crippen LogP contribution in [0.1, 0.15) is 37.3 Å². The first-order valence-corrected chi connectivity index (χ1v) is 10.6. The Kier molecular flexibility index (Phi) is 5.20. The van der Waals surface area contributed by atoms with Crippen LogP contribution in [0.5, 0.6) is 0 Å². The summed E-state index contributed by atoms with van der Waals surface area (Å²) < 4.78 is 42.3. The van der Waals surface area contributed by atoms with Crippen LogP contribution in [-0.2, 0) is 10.0 Å². The molecule has 124 valence electrons. The van der Waals surface area contributed by atoms with Gasteiger partial charge in [-0.2, -0.15) is 4.31 Å². The highest BCUT2D eigenvalue weighted by Crippen LogP contribution is 2.37. The number of nitrogens with zero attached hydrogens (tertiary/aromatic N) is 1. The van der Waals surface area contributed by atoms with Crippen molar-refractivity contribution in [1.82, 2.24) is 4.31 Å². The molecule has 0 bridgehead atoms. The second kappa shape index (κ2) is 7.01. The van der Waals surface area contributed by atoms with Crippen LogP contribution in [0.3, 0.4) is 0 Å². The Morgan fingerprint density at radius 2 is 2.00 bits per heavy atom. The lowest BCUT2D eigenvalue weighted by Gasteiger charge is -2.29. The molecule has 3 rings (SSSR count). The van der Waals surface area contributed by atoms with Crippen LogP contribution >= 0.6 is 27.3 Å². The lowest BCUT2D eigenvalue weighted by Crippen LogP contribution is -2.34. The van der Waals surface area contributed by atoms with Crippen molar-refractivity contribution in [2.24, 2.45) is 0 Å². The lowest BCUT2D eigenvalue weighted by atomic mass is 10.0. The Morgan fingerprint density at radius 1 is 1.17 bits per heavy atom. The fourth-order valence-corrected chi connectivity index (χ4v) is 6.79. The molecule has 1 unspecified atom stereocenters. The van der Waals surface area contributed by atoms with Gasteiger partial charge in [0.1, 0.15) is 10.0 Å². The summed E-state index contributed by atoms with van der Waals surface area (Å²) in [5.74, 6) is -0.331. The minimum Gasteiger partial charge on any atom is -0.207 e. The third kappa shape index (κ3) is 3.68. The van der Waals surface area contributed by atoms with Crippen molar-refractivity contribution >= 4 is 37.3 Å². The van der Waals surface area contributed by atoms with Crippen LogP contribution in [0.25, 0.3) is 0 Å². The molecule has 23 heavy (non-hydrogen) atoms. The molecular weight excluding hydrogens is 401 g/mol. The molecule has 2 heterocycles. The van der Waals surface area contributed by atoms with Gasteiger partial charge in [0.05, 0.1) is 9.83 Å². The molecular formula is C16H17BrFNO2S2. The molecule has 0 spiro atoms. The maximum Gasteiger partial charge on any atom is 0.253 e. The number of rotatable bonds is 3. The second-order valence-electron chi connectivity index (χ2n) is 5.59. The Morgan fingerprint density at radius 3 is 2.70 bits per heavy atom. The van der Waals surface area contributed by atoms with E-state index in [1.165, 1.54) is 23.5 Å². The normalized spacial score (nSPS) is 20.3. The number of hydrogen-bond donors (Lipinski definition) is 0. The third-order valence-electron chi connectivity index (χ3n) is 4.05. The molecule has 7 heteroatoms. The van der Waals surface area contributed by atoms with Crippen molar-refractivity contribution in [2.75, 3.05) is 6.54 Å². The summed E-state index contributed by atoms with van der Waals surface area (Å²) in [6.45, 7) is 0.471. The van der Waals surface area contributed by atoms with Gasteiger partial charge in [0.2, 0.25) is 0 Å². The van der Waals surface area contributed by atoms with E-state index in [4.69, 9.17) is 0 Å². The minimum atomic E-state index is -3.58. The van der Waals surface area contributed by atoms with Crippen molar-refractivity contribution in [2.45, 2.75) is 35.9 Å². The van der Waals surface area contributed by atoms with Gasteiger partial charge in [-0.15, -0.1) is 11.3 Å². The van der Waals surface area contributed by atoms with Crippen LogP contribution < -0.4 is 0 Å². The zero-order valence-corrected chi connectivity index (χ0v) is 15.6. The maximum atomic E-state index is 13.6. The molecule has 0 amide bonds. The van der Waals surface area contributed by atoms with E-state index in [-0.39, 0.29) is 11.9 Å². The van der Waals surface area contributed by atoms with E-state index in [1.54, 1.807) is 22.5 Å². The summed E-state index contributed by atoms with van der Waals surface area (Å²) in [4.78, 5) is 0. The molecule has 1 aromatic heterocycles. The van der Waals surface area contributed by atoms with Crippen LogP contribution in [0.2, 0.25) is 0 Å². The lowest BCUT2D eigenvalue weighted by molar-refractivity contribution is 0.329. The first-order valence-electron chi connectivity index (χ1n) is 7.51. The van der Waals surface area contributed by atoms with E-state index in [1.807, 2.05) is 6.07 Å². The second-order valence-corrected chi connectivity index (χ2v) is 10.2. The molecule has 1 aliphatic rings. The highest BCUT2D eigenvalue weighted by atomic mass is 79.9. The van der Waals surface area contributed by atoms with E-state index in [2.05, 4.69) is 15.9 Å². The first kappa shape index (κ1) is 17.1. The zero-order valence-electron chi connectivity index (χ0n) is 12.4. The van der Waals surface area contributed by atoms with E-state index < -0.39 is 10.0 Å². The van der Waals surface area contributed by atoms with E-state index in [0.29, 0.717) is 10.8 Å². The molecule has 0 saturated carbocycles. The number of benzene rings is 1. The van der Waals surface area contributed by atoms with Crippen molar-refractivity contribution in [1.29, 1.82) is 0 Å².